The largest absolute Gasteiger partial charge is 0.315 e. The summed E-state index contributed by atoms with van der Waals surface area (Å²) in [6.45, 7) is 1.57. The SMILES string of the molecule is O=S(=O)(NC1CCNC1)c1cccc(Br)c1. The fraction of sp³-hybridized carbons (Fsp3) is 0.400. The van der Waals surface area contributed by atoms with Gasteiger partial charge in [-0.05, 0) is 31.2 Å². The van der Waals surface area contributed by atoms with Gasteiger partial charge in [0.2, 0.25) is 10.0 Å². The first-order chi connectivity index (χ1) is 7.58. The van der Waals surface area contributed by atoms with Crippen LogP contribution in [0.1, 0.15) is 6.42 Å². The minimum atomic E-state index is -3.39. The van der Waals surface area contributed by atoms with Crippen molar-refractivity contribution in [2.24, 2.45) is 0 Å². The Bertz CT molecular complexity index is 469. The molecule has 1 aliphatic rings. The van der Waals surface area contributed by atoms with Gasteiger partial charge in [-0.15, -0.1) is 0 Å². The summed E-state index contributed by atoms with van der Waals surface area (Å²) < 4.78 is 27.4. The van der Waals surface area contributed by atoms with Gasteiger partial charge in [0, 0.05) is 17.1 Å². The van der Waals surface area contributed by atoms with E-state index in [0.717, 1.165) is 17.4 Å². The van der Waals surface area contributed by atoms with Gasteiger partial charge in [0.25, 0.3) is 0 Å². The first kappa shape index (κ1) is 12.0. The van der Waals surface area contributed by atoms with Crippen molar-refractivity contribution >= 4 is 26.0 Å². The lowest BCUT2D eigenvalue weighted by molar-refractivity contribution is 0.560. The predicted molar refractivity (Wildman–Crippen MR) is 65.7 cm³/mol. The van der Waals surface area contributed by atoms with E-state index < -0.39 is 10.0 Å². The molecule has 2 rings (SSSR count). The van der Waals surface area contributed by atoms with Crippen molar-refractivity contribution in [2.45, 2.75) is 17.4 Å². The number of sulfonamides is 1. The smallest absolute Gasteiger partial charge is 0.240 e. The maximum Gasteiger partial charge on any atom is 0.240 e. The molecule has 1 saturated heterocycles. The van der Waals surface area contributed by atoms with Gasteiger partial charge in [0.1, 0.15) is 0 Å². The molecule has 0 bridgehead atoms. The van der Waals surface area contributed by atoms with Crippen LogP contribution in [0.25, 0.3) is 0 Å². The van der Waals surface area contributed by atoms with Gasteiger partial charge in [0.05, 0.1) is 4.90 Å². The normalized spacial score (nSPS) is 21.2. The van der Waals surface area contributed by atoms with E-state index in [2.05, 4.69) is 26.0 Å². The van der Waals surface area contributed by atoms with Gasteiger partial charge in [-0.1, -0.05) is 22.0 Å². The predicted octanol–water partition coefficient (Wildman–Crippen LogP) is 1.09. The lowest BCUT2D eigenvalue weighted by Gasteiger charge is -2.11. The van der Waals surface area contributed by atoms with E-state index in [1.165, 1.54) is 0 Å². The van der Waals surface area contributed by atoms with E-state index in [0.29, 0.717) is 11.4 Å². The van der Waals surface area contributed by atoms with Crippen molar-refractivity contribution in [2.75, 3.05) is 13.1 Å². The quantitative estimate of drug-likeness (QED) is 0.879. The first-order valence-electron chi connectivity index (χ1n) is 5.06. The Hall–Kier alpha value is -0.430. The minimum Gasteiger partial charge on any atom is -0.315 e. The Morgan fingerprint density at radius 1 is 1.44 bits per heavy atom. The lowest BCUT2D eigenvalue weighted by atomic mass is 10.3. The molecule has 1 aliphatic heterocycles. The average Bonchev–Trinajstić information content (AvgIpc) is 2.70. The second-order valence-electron chi connectivity index (χ2n) is 3.77. The highest BCUT2D eigenvalue weighted by Crippen LogP contribution is 2.16. The standard InChI is InChI=1S/C10H13BrN2O2S/c11-8-2-1-3-10(6-8)16(14,15)13-9-4-5-12-7-9/h1-3,6,9,12-13H,4-5,7H2. The summed E-state index contributed by atoms with van der Waals surface area (Å²) in [7, 11) is -3.39. The van der Waals surface area contributed by atoms with Crippen LogP contribution < -0.4 is 10.0 Å². The third-order valence-corrected chi connectivity index (χ3v) is 4.50. The van der Waals surface area contributed by atoms with Crippen molar-refractivity contribution in [3.05, 3.63) is 28.7 Å². The molecule has 1 fully saturated rings. The van der Waals surface area contributed by atoms with E-state index >= 15 is 0 Å². The monoisotopic (exact) mass is 304 g/mol. The fourth-order valence-corrected chi connectivity index (χ4v) is 3.54. The van der Waals surface area contributed by atoms with Gasteiger partial charge >= 0.3 is 0 Å². The maximum absolute atomic E-state index is 12.0. The molecule has 0 saturated carbocycles. The highest BCUT2D eigenvalue weighted by molar-refractivity contribution is 9.10. The molecule has 1 aromatic rings. The zero-order valence-corrected chi connectivity index (χ0v) is 11.0. The fourth-order valence-electron chi connectivity index (χ4n) is 1.68. The second-order valence-corrected chi connectivity index (χ2v) is 6.40. The van der Waals surface area contributed by atoms with Crippen molar-refractivity contribution in [1.82, 2.24) is 10.0 Å². The van der Waals surface area contributed by atoms with Gasteiger partial charge in [-0.3, -0.25) is 0 Å². The molecule has 88 valence electrons. The summed E-state index contributed by atoms with van der Waals surface area (Å²) in [6, 6.07) is 6.71. The molecule has 0 aliphatic carbocycles. The van der Waals surface area contributed by atoms with Crippen LogP contribution in [0.2, 0.25) is 0 Å². The molecule has 6 heteroatoms. The molecule has 0 aromatic heterocycles. The van der Waals surface area contributed by atoms with Crippen LogP contribution in [0.5, 0.6) is 0 Å². The van der Waals surface area contributed by atoms with E-state index in [-0.39, 0.29) is 6.04 Å². The topological polar surface area (TPSA) is 58.2 Å². The van der Waals surface area contributed by atoms with E-state index in [1.54, 1.807) is 24.3 Å². The number of nitrogens with one attached hydrogen (secondary N) is 2. The number of hydrogen-bond donors (Lipinski definition) is 2. The van der Waals surface area contributed by atoms with E-state index in [9.17, 15) is 8.42 Å². The molecule has 1 unspecified atom stereocenters. The molecular weight excluding hydrogens is 292 g/mol. The van der Waals surface area contributed by atoms with Crippen LogP contribution in [0.15, 0.2) is 33.6 Å². The van der Waals surface area contributed by atoms with Crippen molar-refractivity contribution < 1.29 is 8.42 Å². The van der Waals surface area contributed by atoms with E-state index in [4.69, 9.17) is 0 Å². The van der Waals surface area contributed by atoms with Gasteiger partial charge in [0.15, 0.2) is 0 Å². The Balaban J connectivity index is 2.18. The second kappa shape index (κ2) is 4.83. The zero-order valence-electron chi connectivity index (χ0n) is 8.61. The van der Waals surface area contributed by atoms with Crippen LogP contribution in [0.3, 0.4) is 0 Å². The molecule has 2 N–H and O–H groups in total. The molecular formula is C10H13BrN2O2S. The van der Waals surface area contributed by atoms with Crippen LogP contribution in [0, 0.1) is 0 Å². The molecule has 4 nitrogen and oxygen atoms in total. The third-order valence-electron chi connectivity index (χ3n) is 2.49. The number of halogens is 1. The summed E-state index contributed by atoms with van der Waals surface area (Å²) in [5.74, 6) is 0. The summed E-state index contributed by atoms with van der Waals surface area (Å²) in [5.41, 5.74) is 0. The van der Waals surface area contributed by atoms with Crippen LogP contribution in [-0.4, -0.2) is 27.5 Å². The lowest BCUT2D eigenvalue weighted by Crippen LogP contribution is -2.36. The number of rotatable bonds is 3. The van der Waals surface area contributed by atoms with Crippen LogP contribution in [-0.2, 0) is 10.0 Å². The zero-order chi connectivity index (χ0) is 11.6. The summed E-state index contributed by atoms with van der Waals surface area (Å²) >= 11 is 3.26. The minimum absolute atomic E-state index is 0.00369. The highest BCUT2D eigenvalue weighted by atomic mass is 79.9. The molecule has 0 spiro atoms. The molecule has 16 heavy (non-hydrogen) atoms. The number of benzene rings is 1. The molecule has 1 heterocycles. The highest BCUT2D eigenvalue weighted by Gasteiger charge is 2.22. The van der Waals surface area contributed by atoms with E-state index in [1.807, 2.05) is 0 Å². The van der Waals surface area contributed by atoms with Gasteiger partial charge in [-0.2, -0.15) is 0 Å². The van der Waals surface area contributed by atoms with Gasteiger partial charge in [-0.25, -0.2) is 13.1 Å². The Labute approximate surface area is 104 Å². The Kier molecular flexibility index (Phi) is 3.63. The summed E-state index contributed by atoms with van der Waals surface area (Å²) in [5, 5.41) is 3.12. The third kappa shape index (κ3) is 2.82. The van der Waals surface area contributed by atoms with Crippen LogP contribution in [0.4, 0.5) is 0 Å². The Morgan fingerprint density at radius 3 is 2.88 bits per heavy atom. The summed E-state index contributed by atoms with van der Waals surface area (Å²) in [6.07, 6.45) is 0.841. The van der Waals surface area contributed by atoms with Gasteiger partial charge < -0.3 is 5.32 Å². The molecule has 0 amide bonds. The summed E-state index contributed by atoms with van der Waals surface area (Å²) in [4.78, 5) is 0.300. The van der Waals surface area contributed by atoms with Crippen molar-refractivity contribution in [3.8, 4) is 0 Å². The molecule has 1 aromatic carbocycles. The molecule has 0 radical (unpaired) electrons. The Morgan fingerprint density at radius 2 is 2.25 bits per heavy atom. The molecule has 1 atom stereocenters. The van der Waals surface area contributed by atoms with Crippen molar-refractivity contribution in [1.29, 1.82) is 0 Å². The first-order valence-corrected chi connectivity index (χ1v) is 7.34. The maximum atomic E-state index is 12.0. The van der Waals surface area contributed by atoms with Crippen molar-refractivity contribution in [3.63, 3.8) is 0 Å². The average molecular weight is 305 g/mol. The number of hydrogen-bond acceptors (Lipinski definition) is 3. The van der Waals surface area contributed by atoms with Crippen LogP contribution >= 0.6 is 15.9 Å².